The zero-order valence-electron chi connectivity index (χ0n) is 32.0. The smallest absolute Gasteiger partial charge is 0.137 e. The van der Waals surface area contributed by atoms with Crippen molar-refractivity contribution in [3.63, 3.8) is 0 Å². The Hall–Kier alpha value is -7.88. The van der Waals surface area contributed by atoms with E-state index < -0.39 is 0 Å². The van der Waals surface area contributed by atoms with E-state index in [0.29, 0.717) is 0 Å². The van der Waals surface area contributed by atoms with Crippen molar-refractivity contribution in [2.24, 2.45) is 0 Å². The number of anilines is 3. The Kier molecular flexibility index (Phi) is 7.54. The van der Waals surface area contributed by atoms with Crippen molar-refractivity contribution in [2.45, 2.75) is 0 Å². The Labute approximate surface area is 340 Å². The normalized spacial score (nSPS) is 11.7. The van der Waals surface area contributed by atoms with Gasteiger partial charge in [-0.15, -0.1) is 0 Å². The molecule has 0 amide bonds. The lowest BCUT2D eigenvalue weighted by Gasteiger charge is -2.29. The van der Waals surface area contributed by atoms with Gasteiger partial charge in [-0.3, -0.25) is 0 Å². The van der Waals surface area contributed by atoms with Crippen molar-refractivity contribution >= 4 is 82.5 Å². The van der Waals surface area contributed by atoms with Crippen molar-refractivity contribution in [1.82, 2.24) is 0 Å². The van der Waals surface area contributed by atoms with E-state index in [1.807, 2.05) is 18.2 Å². The second-order valence-corrected chi connectivity index (χ2v) is 15.2. The van der Waals surface area contributed by atoms with Crippen LogP contribution in [0.3, 0.4) is 0 Å². The predicted molar refractivity (Wildman–Crippen MR) is 247 cm³/mol. The fourth-order valence-electron chi connectivity index (χ4n) is 9.10. The molecule has 3 heteroatoms. The van der Waals surface area contributed by atoms with E-state index >= 15 is 0 Å². The van der Waals surface area contributed by atoms with Gasteiger partial charge in [-0.2, -0.15) is 0 Å². The molecule has 12 rings (SSSR count). The molecule has 0 spiro atoms. The van der Waals surface area contributed by atoms with Crippen LogP contribution in [-0.2, 0) is 0 Å². The first-order chi connectivity index (χ1) is 29.2. The lowest BCUT2D eigenvalue weighted by Crippen LogP contribution is -2.12. The van der Waals surface area contributed by atoms with E-state index in [-0.39, 0.29) is 0 Å². The molecule has 0 fully saturated rings. The summed E-state index contributed by atoms with van der Waals surface area (Å²) in [6, 6.07) is 76.0. The molecule has 0 atom stereocenters. The molecule has 0 radical (unpaired) electrons. The van der Waals surface area contributed by atoms with Gasteiger partial charge >= 0.3 is 0 Å². The van der Waals surface area contributed by atoms with Crippen LogP contribution < -0.4 is 4.90 Å². The topological polar surface area (TPSA) is 29.5 Å². The Bertz CT molecular complexity index is 3560. The first-order valence-electron chi connectivity index (χ1n) is 20.1. The van der Waals surface area contributed by atoms with E-state index in [2.05, 4.69) is 199 Å². The Balaban J connectivity index is 1.11. The van der Waals surface area contributed by atoms with Gasteiger partial charge in [0.15, 0.2) is 0 Å². The lowest BCUT2D eigenvalue weighted by atomic mass is 9.91. The third-order valence-electron chi connectivity index (χ3n) is 11.9. The van der Waals surface area contributed by atoms with Crippen LogP contribution in [0.15, 0.2) is 221 Å². The molecule has 2 aromatic heterocycles. The highest BCUT2D eigenvalue weighted by Crippen LogP contribution is 2.48. The molecule has 0 saturated carbocycles. The average molecular weight is 754 g/mol. The molecule has 276 valence electrons. The summed E-state index contributed by atoms with van der Waals surface area (Å²) in [6.45, 7) is 0. The standard InChI is InChI=1S/C56H35NO2/c1-2-13-37(14-3-1)43-31-27-40(48-34-39-15-4-5-16-42(39)44-17-6-7-18-45(44)48)35-51(43)57(50-21-12-24-55-56(50)47-20-9-11-23-53(47)59-55)41-29-25-36(26-30-41)38-28-32-54-49(33-38)46-19-8-10-22-52(46)58-54/h1-35H. The van der Waals surface area contributed by atoms with Gasteiger partial charge in [-0.1, -0.05) is 152 Å². The van der Waals surface area contributed by atoms with Gasteiger partial charge in [0.1, 0.15) is 22.3 Å². The summed E-state index contributed by atoms with van der Waals surface area (Å²) < 4.78 is 12.7. The number of hydrogen-bond donors (Lipinski definition) is 0. The van der Waals surface area contributed by atoms with Crippen molar-refractivity contribution < 1.29 is 8.83 Å². The maximum Gasteiger partial charge on any atom is 0.137 e. The highest BCUT2D eigenvalue weighted by molar-refractivity contribution is 6.16. The zero-order chi connectivity index (χ0) is 38.9. The van der Waals surface area contributed by atoms with Crippen LogP contribution in [0.5, 0.6) is 0 Å². The fourth-order valence-corrected chi connectivity index (χ4v) is 9.10. The molecule has 0 aliphatic heterocycles. The van der Waals surface area contributed by atoms with Crippen LogP contribution in [0, 0.1) is 0 Å². The van der Waals surface area contributed by atoms with Crippen LogP contribution in [-0.4, -0.2) is 0 Å². The van der Waals surface area contributed by atoms with Gasteiger partial charge in [-0.25, -0.2) is 0 Å². The number of nitrogens with zero attached hydrogens (tertiary/aromatic N) is 1. The highest BCUT2D eigenvalue weighted by atomic mass is 16.3. The van der Waals surface area contributed by atoms with E-state index in [4.69, 9.17) is 8.83 Å². The molecule has 0 unspecified atom stereocenters. The monoisotopic (exact) mass is 753 g/mol. The number of fused-ring (bicyclic) bond motifs is 9. The number of rotatable bonds is 6. The third kappa shape index (κ3) is 5.44. The summed E-state index contributed by atoms with van der Waals surface area (Å²) in [6.07, 6.45) is 0. The maximum atomic E-state index is 6.51. The number of furan rings is 2. The molecule has 12 aromatic rings. The van der Waals surface area contributed by atoms with Crippen molar-refractivity contribution in [2.75, 3.05) is 4.90 Å². The van der Waals surface area contributed by atoms with Gasteiger partial charge in [0.2, 0.25) is 0 Å². The van der Waals surface area contributed by atoms with E-state index in [1.54, 1.807) is 0 Å². The highest BCUT2D eigenvalue weighted by Gasteiger charge is 2.23. The molecule has 0 bridgehead atoms. The van der Waals surface area contributed by atoms with Gasteiger partial charge in [0.05, 0.1) is 16.8 Å². The molecule has 0 aliphatic carbocycles. The van der Waals surface area contributed by atoms with Crippen LogP contribution in [0.1, 0.15) is 0 Å². The lowest BCUT2D eigenvalue weighted by molar-refractivity contribution is 0.668. The van der Waals surface area contributed by atoms with E-state index in [9.17, 15) is 0 Å². The van der Waals surface area contributed by atoms with Crippen LogP contribution in [0.4, 0.5) is 17.1 Å². The number of hydrogen-bond acceptors (Lipinski definition) is 3. The second kappa shape index (κ2) is 13.4. The van der Waals surface area contributed by atoms with Gasteiger partial charge < -0.3 is 13.7 Å². The largest absolute Gasteiger partial charge is 0.456 e. The molecule has 0 saturated heterocycles. The fraction of sp³-hybridized carbons (Fsp3) is 0. The minimum absolute atomic E-state index is 0.851. The third-order valence-corrected chi connectivity index (χ3v) is 11.9. The summed E-state index contributed by atoms with van der Waals surface area (Å²) in [5.41, 5.74) is 13.6. The average Bonchev–Trinajstić information content (AvgIpc) is 3.88. The van der Waals surface area contributed by atoms with Crippen LogP contribution in [0.25, 0.3) is 98.8 Å². The summed E-state index contributed by atoms with van der Waals surface area (Å²) >= 11 is 0. The van der Waals surface area contributed by atoms with Gasteiger partial charge in [0, 0.05) is 27.4 Å². The van der Waals surface area contributed by atoms with E-state index in [1.165, 1.54) is 27.1 Å². The minimum Gasteiger partial charge on any atom is -0.456 e. The Morgan fingerprint density at radius 1 is 0.288 bits per heavy atom. The van der Waals surface area contributed by atoms with Crippen LogP contribution >= 0.6 is 0 Å². The molecule has 0 N–H and O–H groups in total. The second-order valence-electron chi connectivity index (χ2n) is 15.2. The molecular formula is C56H35NO2. The molecular weight excluding hydrogens is 719 g/mol. The quantitative estimate of drug-likeness (QED) is 0.158. The minimum atomic E-state index is 0.851. The molecule has 3 nitrogen and oxygen atoms in total. The van der Waals surface area contributed by atoms with Gasteiger partial charge in [0.25, 0.3) is 0 Å². The maximum absolute atomic E-state index is 6.51. The SMILES string of the molecule is c1ccc(-c2ccc(-c3cc4ccccc4c4ccccc34)cc2N(c2ccc(-c3ccc4oc5ccccc5c4c3)cc2)c2cccc3oc4ccccc4c23)cc1. The summed E-state index contributed by atoms with van der Waals surface area (Å²) in [5, 5.41) is 9.35. The summed E-state index contributed by atoms with van der Waals surface area (Å²) in [4.78, 5) is 2.43. The van der Waals surface area contributed by atoms with Crippen LogP contribution in [0.2, 0.25) is 0 Å². The molecule has 59 heavy (non-hydrogen) atoms. The molecule has 2 heterocycles. The first-order valence-corrected chi connectivity index (χ1v) is 20.1. The van der Waals surface area contributed by atoms with Crippen molar-refractivity contribution in [3.05, 3.63) is 212 Å². The Morgan fingerprint density at radius 2 is 0.898 bits per heavy atom. The zero-order valence-corrected chi connectivity index (χ0v) is 32.0. The summed E-state index contributed by atoms with van der Waals surface area (Å²) in [7, 11) is 0. The van der Waals surface area contributed by atoms with E-state index in [0.717, 1.165) is 88.8 Å². The molecule has 0 aliphatic rings. The molecule has 10 aromatic carbocycles. The first kappa shape index (κ1) is 33.3. The van der Waals surface area contributed by atoms with Crippen molar-refractivity contribution in [1.29, 1.82) is 0 Å². The predicted octanol–water partition coefficient (Wildman–Crippen LogP) is 16.3. The summed E-state index contributed by atoms with van der Waals surface area (Å²) in [5.74, 6) is 0. The number of para-hydroxylation sites is 2. The number of benzene rings is 10. The van der Waals surface area contributed by atoms with Gasteiger partial charge in [-0.05, 0) is 110 Å². The van der Waals surface area contributed by atoms with Crippen molar-refractivity contribution in [3.8, 4) is 33.4 Å². The Morgan fingerprint density at radius 3 is 1.73 bits per heavy atom.